The fourth-order valence-corrected chi connectivity index (χ4v) is 4.64. The summed E-state index contributed by atoms with van der Waals surface area (Å²) in [7, 11) is 5.68. The topological polar surface area (TPSA) is 57.7 Å². The Labute approximate surface area is 175 Å². The number of aromatic nitrogens is 1. The molecule has 0 aliphatic carbocycles. The number of ether oxygens (including phenoxy) is 1. The highest BCUT2D eigenvalue weighted by Crippen LogP contribution is 2.33. The normalized spacial score (nSPS) is 16.7. The number of rotatable bonds is 5. The van der Waals surface area contributed by atoms with Gasteiger partial charge in [-0.1, -0.05) is 11.3 Å². The van der Waals surface area contributed by atoms with Crippen LogP contribution in [-0.4, -0.2) is 45.2 Å². The van der Waals surface area contributed by atoms with Crippen LogP contribution in [0.2, 0.25) is 0 Å². The maximum atomic E-state index is 12.8. The first-order valence-electron chi connectivity index (χ1n) is 9.81. The summed E-state index contributed by atoms with van der Waals surface area (Å²) in [5, 5.41) is 4.05. The van der Waals surface area contributed by atoms with Gasteiger partial charge in [-0.15, -0.1) is 0 Å². The Kier molecular flexibility index (Phi) is 5.58. The highest BCUT2D eigenvalue weighted by Gasteiger charge is 2.27. The van der Waals surface area contributed by atoms with Gasteiger partial charge in [0.1, 0.15) is 5.75 Å². The molecule has 0 radical (unpaired) electrons. The molecule has 0 bridgehead atoms. The van der Waals surface area contributed by atoms with Gasteiger partial charge in [-0.3, -0.25) is 4.79 Å². The molecule has 1 aliphatic heterocycles. The Morgan fingerprint density at radius 2 is 2.03 bits per heavy atom. The van der Waals surface area contributed by atoms with E-state index in [1.54, 1.807) is 18.4 Å². The van der Waals surface area contributed by atoms with Crippen molar-refractivity contribution in [2.24, 2.45) is 5.92 Å². The zero-order chi connectivity index (χ0) is 20.4. The van der Waals surface area contributed by atoms with Gasteiger partial charge < -0.3 is 19.9 Å². The van der Waals surface area contributed by atoms with Crippen LogP contribution in [0.4, 0.5) is 16.5 Å². The summed E-state index contributed by atoms with van der Waals surface area (Å²) in [6.45, 7) is 1.62. The molecule has 4 rings (SSSR count). The quantitative estimate of drug-likeness (QED) is 0.682. The van der Waals surface area contributed by atoms with Gasteiger partial charge in [0.25, 0.3) is 0 Å². The molecule has 7 heteroatoms. The molecule has 152 valence electrons. The molecule has 0 spiro atoms. The minimum absolute atomic E-state index is 0.0428. The number of nitrogens with one attached hydrogen (secondary N) is 1. The monoisotopic (exact) mass is 410 g/mol. The summed E-state index contributed by atoms with van der Waals surface area (Å²) >= 11 is 1.65. The molecule has 2 heterocycles. The predicted molar refractivity (Wildman–Crippen MR) is 121 cm³/mol. The molecule has 29 heavy (non-hydrogen) atoms. The van der Waals surface area contributed by atoms with E-state index in [1.807, 2.05) is 61.5 Å². The Morgan fingerprint density at radius 3 is 2.76 bits per heavy atom. The minimum atomic E-state index is -0.0428. The number of benzene rings is 2. The van der Waals surface area contributed by atoms with Crippen LogP contribution in [0.3, 0.4) is 0 Å². The van der Waals surface area contributed by atoms with E-state index in [0.29, 0.717) is 6.54 Å². The lowest BCUT2D eigenvalue weighted by Crippen LogP contribution is -2.40. The number of hydrogen-bond donors (Lipinski definition) is 1. The fraction of sp³-hybridized carbons (Fsp3) is 0.364. The first kappa shape index (κ1) is 19.5. The molecule has 1 saturated heterocycles. The fourth-order valence-electron chi connectivity index (χ4n) is 3.61. The zero-order valence-electron chi connectivity index (χ0n) is 17.0. The minimum Gasteiger partial charge on any atom is -0.497 e. The number of carbonyl (C=O) groups is 1. The van der Waals surface area contributed by atoms with Gasteiger partial charge in [0, 0.05) is 38.6 Å². The third-order valence-corrected chi connectivity index (χ3v) is 6.38. The summed E-state index contributed by atoms with van der Waals surface area (Å²) in [6, 6.07) is 13.9. The van der Waals surface area contributed by atoms with Crippen molar-refractivity contribution in [1.29, 1.82) is 0 Å². The van der Waals surface area contributed by atoms with Crippen molar-refractivity contribution in [2.45, 2.75) is 12.8 Å². The molecular formula is C22H26N4O2S. The molecule has 3 aromatic rings. The van der Waals surface area contributed by atoms with Crippen molar-refractivity contribution in [1.82, 2.24) is 4.98 Å². The number of piperidine rings is 1. The Balaban J connectivity index is 1.44. The van der Waals surface area contributed by atoms with E-state index in [2.05, 4.69) is 10.2 Å². The number of thiazole rings is 1. The number of hydrogen-bond acceptors (Lipinski definition) is 6. The van der Waals surface area contributed by atoms with Gasteiger partial charge in [0.2, 0.25) is 5.91 Å². The molecule has 6 nitrogen and oxygen atoms in total. The third-order valence-electron chi connectivity index (χ3n) is 5.30. The van der Waals surface area contributed by atoms with E-state index in [1.165, 1.54) is 0 Å². The SMILES string of the molecule is COc1ccc2nc(N3CCCC(C(=O)Nc4ccc(N(C)C)cc4)C3)sc2c1. The molecule has 0 saturated carbocycles. The number of amides is 1. The average molecular weight is 411 g/mol. The molecular weight excluding hydrogens is 384 g/mol. The molecule has 1 atom stereocenters. The number of nitrogens with zero attached hydrogens (tertiary/aromatic N) is 3. The third kappa shape index (κ3) is 4.29. The first-order valence-corrected chi connectivity index (χ1v) is 10.6. The van der Waals surface area contributed by atoms with Crippen LogP contribution in [0.5, 0.6) is 5.75 Å². The van der Waals surface area contributed by atoms with Gasteiger partial charge in [0.05, 0.1) is 23.2 Å². The van der Waals surface area contributed by atoms with Gasteiger partial charge in [-0.2, -0.15) is 0 Å². The van der Waals surface area contributed by atoms with Gasteiger partial charge in [0.15, 0.2) is 5.13 Å². The van der Waals surface area contributed by atoms with Crippen LogP contribution < -0.4 is 19.9 Å². The van der Waals surface area contributed by atoms with Crippen molar-refractivity contribution in [3.63, 3.8) is 0 Å². The predicted octanol–water partition coefficient (Wildman–Crippen LogP) is 4.23. The van der Waals surface area contributed by atoms with E-state index in [9.17, 15) is 4.79 Å². The summed E-state index contributed by atoms with van der Waals surface area (Å²) in [6.07, 6.45) is 1.88. The van der Waals surface area contributed by atoms with Crippen LogP contribution in [0.25, 0.3) is 10.2 Å². The standard InChI is InChI=1S/C22H26N4O2S/c1-25(2)17-8-6-16(7-9-17)23-21(27)15-5-4-12-26(14-15)22-24-19-11-10-18(28-3)13-20(19)29-22/h6-11,13,15H,4-5,12,14H2,1-3H3,(H,23,27). The molecule has 1 amide bonds. The smallest absolute Gasteiger partial charge is 0.229 e. The number of anilines is 3. The van der Waals surface area contributed by atoms with Gasteiger partial charge in [-0.05, 0) is 55.3 Å². The lowest BCUT2D eigenvalue weighted by molar-refractivity contribution is -0.120. The number of carbonyl (C=O) groups excluding carboxylic acids is 1. The second-order valence-electron chi connectivity index (χ2n) is 7.55. The lowest BCUT2D eigenvalue weighted by Gasteiger charge is -2.31. The van der Waals surface area contributed by atoms with Crippen molar-refractivity contribution >= 4 is 44.0 Å². The Morgan fingerprint density at radius 1 is 1.24 bits per heavy atom. The molecule has 1 unspecified atom stereocenters. The summed E-state index contributed by atoms with van der Waals surface area (Å²) in [4.78, 5) is 21.9. The van der Waals surface area contributed by atoms with Gasteiger partial charge >= 0.3 is 0 Å². The lowest BCUT2D eigenvalue weighted by atomic mass is 9.97. The van der Waals surface area contributed by atoms with E-state index in [4.69, 9.17) is 9.72 Å². The van der Waals surface area contributed by atoms with E-state index in [-0.39, 0.29) is 11.8 Å². The largest absolute Gasteiger partial charge is 0.497 e. The highest BCUT2D eigenvalue weighted by atomic mass is 32.1. The first-order chi connectivity index (χ1) is 14.0. The van der Waals surface area contributed by atoms with Crippen molar-refractivity contribution in [3.05, 3.63) is 42.5 Å². The summed E-state index contributed by atoms with van der Waals surface area (Å²) in [5.41, 5.74) is 2.92. The molecule has 2 aromatic carbocycles. The number of fused-ring (bicyclic) bond motifs is 1. The summed E-state index contributed by atoms with van der Waals surface area (Å²) in [5.74, 6) is 0.873. The zero-order valence-corrected chi connectivity index (χ0v) is 17.8. The van der Waals surface area contributed by atoms with Gasteiger partial charge in [-0.25, -0.2) is 4.98 Å². The highest BCUT2D eigenvalue weighted by molar-refractivity contribution is 7.22. The second kappa shape index (κ2) is 8.29. The van der Waals surface area contributed by atoms with E-state index < -0.39 is 0 Å². The maximum absolute atomic E-state index is 12.8. The maximum Gasteiger partial charge on any atom is 0.229 e. The van der Waals surface area contributed by atoms with Crippen LogP contribution in [0.15, 0.2) is 42.5 Å². The molecule has 1 aliphatic rings. The van der Waals surface area contributed by atoms with Crippen molar-refractivity contribution in [3.8, 4) is 5.75 Å². The Bertz CT molecular complexity index is 1000. The molecule has 1 N–H and O–H groups in total. The van der Waals surface area contributed by atoms with Crippen molar-refractivity contribution < 1.29 is 9.53 Å². The Hall–Kier alpha value is -2.80. The average Bonchev–Trinajstić information content (AvgIpc) is 3.17. The van der Waals surface area contributed by atoms with Crippen LogP contribution in [0, 0.1) is 5.92 Å². The van der Waals surface area contributed by atoms with Crippen molar-refractivity contribution in [2.75, 3.05) is 49.4 Å². The summed E-state index contributed by atoms with van der Waals surface area (Å²) < 4.78 is 6.42. The second-order valence-corrected chi connectivity index (χ2v) is 8.55. The molecule has 1 aromatic heterocycles. The van der Waals surface area contributed by atoms with E-state index in [0.717, 1.165) is 51.9 Å². The van der Waals surface area contributed by atoms with Crippen LogP contribution in [0.1, 0.15) is 12.8 Å². The van der Waals surface area contributed by atoms with E-state index >= 15 is 0 Å². The van der Waals surface area contributed by atoms with Crippen LogP contribution in [-0.2, 0) is 4.79 Å². The van der Waals surface area contributed by atoms with Crippen LogP contribution >= 0.6 is 11.3 Å². The molecule has 1 fully saturated rings. The number of methoxy groups -OCH3 is 1.